The van der Waals surface area contributed by atoms with E-state index in [1.54, 1.807) is 18.2 Å². The Morgan fingerprint density at radius 1 is 1.32 bits per heavy atom. The van der Waals surface area contributed by atoms with Crippen molar-refractivity contribution in [2.45, 2.75) is 39.5 Å². The van der Waals surface area contributed by atoms with Crippen LogP contribution in [0.2, 0.25) is 0 Å². The molecule has 1 aliphatic rings. The molecule has 104 valence electrons. The van der Waals surface area contributed by atoms with Crippen molar-refractivity contribution >= 4 is 5.91 Å². The average molecular weight is 263 g/mol. The maximum atomic E-state index is 12.2. The molecule has 1 aliphatic heterocycles. The molecule has 0 radical (unpaired) electrons. The summed E-state index contributed by atoms with van der Waals surface area (Å²) in [6, 6.07) is 6.91. The number of carbonyl (C=O) groups is 1. The van der Waals surface area contributed by atoms with Crippen LogP contribution in [0.15, 0.2) is 24.3 Å². The van der Waals surface area contributed by atoms with E-state index in [4.69, 9.17) is 4.74 Å². The second-order valence-corrected chi connectivity index (χ2v) is 5.32. The third-order valence-corrected chi connectivity index (χ3v) is 3.92. The molecule has 2 rings (SSSR count). The Balaban J connectivity index is 1.95. The van der Waals surface area contributed by atoms with Crippen LogP contribution in [-0.2, 0) is 16.1 Å². The Morgan fingerprint density at radius 3 is 2.63 bits per heavy atom. The van der Waals surface area contributed by atoms with Crippen LogP contribution >= 0.6 is 0 Å². The highest BCUT2D eigenvalue weighted by Gasteiger charge is 2.41. The van der Waals surface area contributed by atoms with Gasteiger partial charge < -0.3 is 15.2 Å². The van der Waals surface area contributed by atoms with Crippen molar-refractivity contribution in [3.8, 4) is 5.75 Å². The molecule has 4 heteroatoms. The molecule has 0 aromatic heterocycles. The molecule has 0 bridgehead atoms. The Bertz CT molecular complexity index is 460. The Morgan fingerprint density at radius 2 is 2.05 bits per heavy atom. The van der Waals surface area contributed by atoms with Gasteiger partial charge >= 0.3 is 0 Å². The van der Waals surface area contributed by atoms with Crippen LogP contribution in [0.3, 0.4) is 0 Å². The summed E-state index contributed by atoms with van der Waals surface area (Å²) in [5.41, 5.74) is 0.889. The predicted molar refractivity (Wildman–Crippen MR) is 72.6 cm³/mol. The van der Waals surface area contributed by atoms with Gasteiger partial charge in [0.15, 0.2) is 0 Å². The number of aromatic hydroxyl groups is 1. The number of nitrogens with one attached hydrogen (secondary N) is 1. The van der Waals surface area contributed by atoms with E-state index in [2.05, 4.69) is 5.32 Å². The van der Waals surface area contributed by atoms with Crippen LogP contribution in [0.4, 0.5) is 0 Å². The number of phenols is 1. The second-order valence-electron chi connectivity index (χ2n) is 5.32. The molecular weight excluding hydrogens is 242 g/mol. The largest absolute Gasteiger partial charge is 0.508 e. The zero-order chi connectivity index (χ0) is 14.0. The van der Waals surface area contributed by atoms with Crippen molar-refractivity contribution < 1.29 is 14.6 Å². The Labute approximate surface area is 113 Å². The maximum Gasteiger partial charge on any atom is 0.226 e. The summed E-state index contributed by atoms with van der Waals surface area (Å²) in [6.07, 6.45) is 0.0701. The first-order valence-corrected chi connectivity index (χ1v) is 6.70. The van der Waals surface area contributed by atoms with Gasteiger partial charge in [-0.3, -0.25) is 4.79 Å². The van der Waals surface area contributed by atoms with Crippen molar-refractivity contribution in [3.63, 3.8) is 0 Å². The molecule has 2 N–H and O–H groups in total. The molecule has 1 heterocycles. The fraction of sp³-hybridized carbons (Fsp3) is 0.533. The molecule has 0 spiro atoms. The minimum Gasteiger partial charge on any atom is -0.508 e. The zero-order valence-electron chi connectivity index (χ0n) is 11.6. The number of amides is 1. The zero-order valence-corrected chi connectivity index (χ0v) is 11.6. The van der Waals surface area contributed by atoms with E-state index < -0.39 is 0 Å². The molecule has 4 unspecified atom stereocenters. The summed E-state index contributed by atoms with van der Waals surface area (Å²) in [7, 11) is 0. The number of ether oxygens (including phenoxy) is 1. The van der Waals surface area contributed by atoms with E-state index in [-0.39, 0.29) is 35.7 Å². The number of hydrogen-bond donors (Lipinski definition) is 2. The van der Waals surface area contributed by atoms with E-state index in [1.807, 2.05) is 26.8 Å². The predicted octanol–water partition coefficient (Wildman–Crippen LogP) is 2.07. The van der Waals surface area contributed by atoms with Crippen LogP contribution in [0.5, 0.6) is 5.75 Å². The first-order valence-electron chi connectivity index (χ1n) is 6.70. The lowest BCUT2D eigenvalue weighted by molar-refractivity contribution is -0.127. The fourth-order valence-electron chi connectivity index (χ4n) is 2.69. The van der Waals surface area contributed by atoms with Crippen molar-refractivity contribution in [1.82, 2.24) is 5.32 Å². The number of carbonyl (C=O) groups excluding carboxylic acids is 1. The summed E-state index contributed by atoms with van der Waals surface area (Å²) in [5, 5.41) is 12.3. The smallest absolute Gasteiger partial charge is 0.226 e. The maximum absolute atomic E-state index is 12.2. The lowest BCUT2D eigenvalue weighted by atomic mass is 9.89. The summed E-state index contributed by atoms with van der Waals surface area (Å²) in [4.78, 5) is 12.2. The highest BCUT2D eigenvalue weighted by atomic mass is 16.5. The van der Waals surface area contributed by atoms with E-state index in [0.717, 1.165) is 5.56 Å². The number of benzene rings is 1. The summed E-state index contributed by atoms with van der Waals surface area (Å²) < 4.78 is 5.68. The fourth-order valence-corrected chi connectivity index (χ4v) is 2.69. The van der Waals surface area contributed by atoms with E-state index in [0.29, 0.717) is 6.54 Å². The van der Waals surface area contributed by atoms with Gasteiger partial charge in [0.25, 0.3) is 0 Å². The van der Waals surface area contributed by atoms with Gasteiger partial charge in [0, 0.05) is 6.54 Å². The number of phenolic OH excluding ortho intramolecular Hbond substituents is 1. The van der Waals surface area contributed by atoms with E-state index >= 15 is 0 Å². The summed E-state index contributed by atoms with van der Waals surface area (Å²) in [6.45, 7) is 6.42. The van der Waals surface area contributed by atoms with Gasteiger partial charge in [-0.25, -0.2) is 0 Å². The van der Waals surface area contributed by atoms with Gasteiger partial charge in [-0.05, 0) is 37.5 Å². The molecule has 0 aliphatic carbocycles. The van der Waals surface area contributed by atoms with Gasteiger partial charge in [-0.1, -0.05) is 19.1 Å². The first-order chi connectivity index (χ1) is 8.99. The molecule has 1 aromatic rings. The van der Waals surface area contributed by atoms with Gasteiger partial charge in [0.1, 0.15) is 5.75 Å². The monoisotopic (exact) mass is 263 g/mol. The molecule has 1 saturated heterocycles. The molecule has 0 saturated carbocycles. The molecule has 1 fully saturated rings. The highest BCUT2D eigenvalue weighted by molar-refractivity contribution is 5.79. The van der Waals surface area contributed by atoms with Crippen molar-refractivity contribution in [1.29, 1.82) is 0 Å². The normalized spacial score (nSPS) is 30.3. The van der Waals surface area contributed by atoms with Crippen LogP contribution < -0.4 is 5.32 Å². The van der Waals surface area contributed by atoms with Crippen LogP contribution in [-0.4, -0.2) is 23.2 Å². The van der Waals surface area contributed by atoms with Gasteiger partial charge in [-0.15, -0.1) is 0 Å². The SMILES string of the molecule is CC1OC(C)C(C(=O)NCc2cccc(O)c2)C1C. The van der Waals surface area contributed by atoms with Gasteiger partial charge in [-0.2, -0.15) is 0 Å². The van der Waals surface area contributed by atoms with Gasteiger partial charge in [0.05, 0.1) is 18.1 Å². The van der Waals surface area contributed by atoms with Crippen molar-refractivity contribution in [2.75, 3.05) is 0 Å². The summed E-state index contributed by atoms with van der Waals surface area (Å²) in [5.74, 6) is 0.352. The Hall–Kier alpha value is -1.55. The number of rotatable bonds is 3. The quantitative estimate of drug-likeness (QED) is 0.877. The highest BCUT2D eigenvalue weighted by Crippen LogP contribution is 2.32. The van der Waals surface area contributed by atoms with Gasteiger partial charge in [0.2, 0.25) is 5.91 Å². The molecular formula is C15H21NO3. The Kier molecular flexibility index (Phi) is 4.10. The van der Waals surface area contributed by atoms with Crippen molar-refractivity contribution in [2.24, 2.45) is 11.8 Å². The minimum absolute atomic E-state index is 0.0210. The molecule has 19 heavy (non-hydrogen) atoms. The lowest BCUT2D eigenvalue weighted by Gasteiger charge is -2.18. The molecule has 1 amide bonds. The third-order valence-electron chi connectivity index (χ3n) is 3.92. The van der Waals surface area contributed by atoms with Crippen LogP contribution in [0, 0.1) is 11.8 Å². The summed E-state index contributed by atoms with van der Waals surface area (Å²) >= 11 is 0. The topological polar surface area (TPSA) is 58.6 Å². The standard InChI is InChI=1S/C15H21NO3/c1-9-10(2)19-11(3)14(9)15(18)16-8-12-5-4-6-13(17)7-12/h4-7,9-11,14,17H,8H2,1-3H3,(H,16,18). The van der Waals surface area contributed by atoms with Crippen LogP contribution in [0.1, 0.15) is 26.3 Å². The lowest BCUT2D eigenvalue weighted by Crippen LogP contribution is -2.36. The molecule has 4 atom stereocenters. The molecule has 4 nitrogen and oxygen atoms in total. The van der Waals surface area contributed by atoms with E-state index in [1.165, 1.54) is 0 Å². The minimum atomic E-state index is -0.104. The van der Waals surface area contributed by atoms with E-state index in [9.17, 15) is 9.90 Å². The van der Waals surface area contributed by atoms with Crippen molar-refractivity contribution in [3.05, 3.63) is 29.8 Å². The second kappa shape index (κ2) is 5.61. The van der Waals surface area contributed by atoms with Crippen LogP contribution in [0.25, 0.3) is 0 Å². The number of hydrogen-bond acceptors (Lipinski definition) is 3. The first kappa shape index (κ1) is 13.9. The average Bonchev–Trinajstić information content (AvgIpc) is 2.61. The molecule has 1 aromatic carbocycles. The third kappa shape index (κ3) is 3.07.